The highest BCUT2D eigenvalue weighted by Crippen LogP contribution is 2.24. The van der Waals surface area contributed by atoms with Crippen molar-refractivity contribution in [3.63, 3.8) is 0 Å². The molecule has 16 heavy (non-hydrogen) atoms. The SMILES string of the molecule is Cc1ccc(F)cc1CC(NN)C(F)(F)F. The van der Waals surface area contributed by atoms with Gasteiger partial charge in [0.15, 0.2) is 0 Å². The van der Waals surface area contributed by atoms with E-state index in [4.69, 9.17) is 5.84 Å². The zero-order valence-electron chi connectivity index (χ0n) is 8.61. The molecule has 1 rings (SSSR count). The number of nitrogens with two attached hydrogens (primary N) is 1. The molecular formula is C10H12F4N2. The van der Waals surface area contributed by atoms with Gasteiger partial charge in [0.25, 0.3) is 0 Å². The van der Waals surface area contributed by atoms with Gasteiger partial charge < -0.3 is 0 Å². The van der Waals surface area contributed by atoms with Crippen LogP contribution in [0.2, 0.25) is 0 Å². The van der Waals surface area contributed by atoms with Gasteiger partial charge in [0.1, 0.15) is 11.9 Å². The van der Waals surface area contributed by atoms with Crippen molar-refractivity contribution in [3.05, 3.63) is 35.1 Å². The zero-order chi connectivity index (χ0) is 12.3. The normalized spacial score (nSPS) is 13.9. The van der Waals surface area contributed by atoms with Crippen LogP contribution in [-0.2, 0) is 6.42 Å². The summed E-state index contributed by atoms with van der Waals surface area (Å²) in [6.45, 7) is 1.62. The molecule has 1 unspecified atom stereocenters. The summed E-state index contributed by atoms with van der Waals surface area (Å²) in [5.41, 5.74) is 2.58. The van der Waals surface area contributed by atoms with Crippen molar-refractivity contribution >= 4 is 0 Å². The van der Waals surface area contributed by atoms with Crippen LogP contribution in [0.3, 0.4) is 0 Å². The van der Waals surface area contributed by atoms with E-state index in [1.54, 1.807) is 12.3 Å². The average molecular weight is 236 g/mol. The third-order valence-electron chi connectivity index (χ3n) is 2.33. The Labute approximate surface area is 90.4 Å². The summed E-state index contributed by atoms with van der Waals surface area (Å²) in [5, 5.41) is 0. The van der Waals surface area contributed by atoms with Crippen LogP contribution in [0.1, 0.15) is 11.1 Å². The minimum Gasteiger partial charge on any atom is -0.271 e. The summed E-state index contributed by atoms with van der Waals surface area (Å²) in [4.78, 5) is 0. The minimum absolute atomic E-state index is 0.292. The molecule has 0 heterocycles. The number of alkyl halides is 3. The van der Waals surface area contributed by atoms with Crippen molar-refractivity contribution < 1.29 is 17.6 Å². The van der Waals surface area contributed by atoms with Gasteiger partial charge in [-0.15, -0.1) is 0 Å². The van der Waals surface area contributed by atoms with Gasteiger partial charge in [0.2, 0.25) is 0 Å². The molecule has 0 spiro atoms. The lowest BCUT2D eigenvalue weighted by Crippen LogP contribution is -2.47. The first-order valence-electron chi connectivity index (χ1n) is 4.62. The molecule has 1 aromatic rings. The fraction of sp³-hybridized carbons (Fsp3) is 0.400. The van der Waals surface area contributed by atoms with Crippen LogP contribution in [0.25, 0.3) is 0 Å². The Kier molecular flexibility index (Phi) is 3.88. The molecule has 90 valence electrons. The first kappa shape index (κ1) is 12.9. The van der Waals surface area contributed by atoms with Crippen LogP contribution in [0, 0.1) is 12.7 Å². The van der Waals surface area contributed by atoms with Crippen LogP contribution in [0.5, 0.6) is 0 Å². The summed E-state index contributed by atoms with van der Waals surface area (Å²) >= 11 is 0. The van der Waals surface area contributed by atoms with Crippen molar-refractivity contribution in [1.82, 2.24) is 5.43 Å². The van der Waals surface area contributed by atoms with Crippen LogP contribution in [0.15, 0.2) is 18.2 Å². The van der Waals surface area contributed by atoms with Crippen LogP contribution >= 0.6 is 0 Å². The molecular weight excluding hydrogens is 224 g/mol. The molecule has 0 radical (unpaired) electrons. The van der Waals surface area contributed by atoms with Gasteiger partial charge in [-0.2, -0.15) is 13.2 Å². The molecule has 0 aromatic heterocycles. The third kappa shape index (κ3) is 3.18. The second kappa shape index (κ2) is 4.80. The zero-order valence-corrected chi connectivity index (χ0v) is 8.61. The Balaban J connectivity index is 2.90. The van der Waals surface area contributed by atoms with Crippen molar-refractivity contribution in [2.75, 3.05) is 0 Å². The molecule has 0 aliphatic heterocycles. The van der Waals surface area contributed by atoms with E-state index < -0.39 is 18.0 Å². The maximum Gasteiger partial charge on any atom is 0.405 e. The Morgan fingerprint density at radius 3 is 2.50 bits per heavy atom. The van der Waals surface area contributed by atoms with E-state index in [0.717, 1.165) is 6.07 Å². The first-order chi connectivity index (χ1) is 7.34. The number of hydrogen-bond acceptors (Lipinski definition) is 2. The van der Waals surface area contributed by atoms with Crippen molar-refractivity contribution in [2.24, 2.45) is 5.84 Å². The van der Waals surface area contributed by atoms with Crippen molar-refractivity contribution in [2.45, 2.75) is 25.6 Å². The molecule has 1 atom stereocenters. The Morgan fingerprint density at radius 2 is 2.00 bits per heavy atom. The van der Waals surface area contributed by atoms with Gasteiger partial charge in [0, 0.05) is 0 Å². The number of rotatable bonds is 3. The lowest BCUT2D eigenvalue weighted by molar-refractivity contribution is -0.155. The van der Waals surface area contributed by atoms with E-state index >= 15 is 0 Å². The topological polar surface area (TPSA) is 38.0 Å². The van der Waals surface area contributed by atoms with Gasteiger partial charge in [-0.1, -0.05) is 6.07 Å². The standard InChI is InChI=1S/C10H12F4N2/c1-6-2-3-8(11)4-7(6)5-9(16-15)10(12,13)14/h2-4,9,16H,5,15H2,1H3. The van der Waals surface area contributed by atoms with E-state index in [9.17, 15) is 17.6 Å². The maximum atomic E-state index is 12.9. The molecule has 0 aliphatic rings. The minimum atomic E-state index is -4.45. The molecule has 0 fully saturated rings. The highest BCUT2D eigenvalue weighted by atomic mass is 19.4. The number of aryl methyl sites for hydroxylation is 1. The Hall–Kier alpha value is -1.14. The lowest BCUT2D eigenvalue weighted by Gasteiger charge is -2.20. The third-order valence-corrected chi connectivity index (χ3v) is 2.33. The summed E-state index contributed by atoms with van der Waals surface area (Å²) in [6, 6.07) is 1.87. The van der Waals surface area contributed by atoms with E-state index in [1.807, 2.05) is 0 Å². The second-order valence-electron chi connectivity index (χ2n) is 3.54. The van der Waals surface area contributed by atoms with Gasteiger partial charge >= 0.3 is 6.18 Å². The van der Waals surface area contributed by atoms with Gasteiger partial charge in [-0.05, 0) is 36.6 Å². The highest BCUT2D eigenvalue weighted by molar-refractivity contribution is 5.27. The van der Waals surface area contributed by atoms with Gasteiger partial charge in [0.05, 0.1) is 0 Å². The predicted molar refractivity (Wildman–Crippen MR) is 52.0 cm³/mol. The van der Waals surface area contributed by atoms with Crippen LogP contribution in [0.4, 0.5) is 17.6 Å². The van der Waals surface area contributed by atoms with E-state index in [-0.39, 0.29) is 6.42 Å². The molecule has 6 heteroatoms. The average Bonchev–Trinajstić information content (AvgIpc) is 2.17. The molecule has 3 N–H and O–H groups in total. The fourth-order valence-electron chi connectivity index (χ4n) is 1.35. The number of halogens is 4. The second-order valence-corrected chi connectivity index (χ2v) is 3.54. The fourth-order valence-corrected chi connectivity index (χ4v) is 1.35. The molecule has 1 aromatic carbocycles. The Bertz CT molecular complexity index is 362. The van der Waals surface area contributed by atoms with Crippen molar-refractivity contribution in [3.8, 4) is 0 Å². The van der Waals surface area contributed by atoms with E-state index in [1.165, 1.54) is 12.1 Å². The predicted octanol–water partition coefficient (Wildman–Crippen LogP) is 2.07. The van der Waals surface area contributed by atoms with Gasteiger partial charge in [-0.25, -0.2) is 9.82 Å². The smallest absolute Gasteiger partial charge is 0.271 e. The van der Waals surface area contributed by atoms with Gasteiger partial charge in [-0.3, -0.25) is 5.84 Å². The van der Waals surface area contributed by atoms with Crippen molar-refractivity contribution in [1.29, 1.82) is 0 Å². The van der Waals surface area contributed by atoms with Crippen LogP contribution in [-0.4, -0.2) is 12.2 Å². The number of hydrogen-bond donors (Lipinski definition) is 2. The quantitative estimate of drug-likeness (QED) is 0.479. The van der Waals surface area contributed by atoms with Crippen LogP contribution < -0.4 is 11.3 Å². The number of nitrogens with one attached hydrogen (secondary N) is 1. The number of hydrazine groups is 1. The van der Waals surface area contributed by atoms with E-state index in [0.29, 0.717) is 11.1 Å². The Morgan fingerprint density at radius 1 is 1.38 bits per heavy atom. The summed E-state index contributed by atoms with van der Waals surface area (Å²) < 4.78 is 50.1. The summed E-state index contributed by atoms with van der Waals surface area (Å²) in [6.07, 6.45) is -4.84. The maximum absolute atomic E-state index is 12.9. The molecule has 0 saturated carbocycles. The highest BCUT2D eigenvalue weighted by Gasteiger charge is 2.39. The molecule has 0 bridgehead atoms. The van der Waals surface area contributed by atoms with E-state index in [2.05, 4.69) is 0 Å². The molecule has 2 nitrogen and oxygen atoms in total. The summed E-state index contributed by atoms with van der Waals surface area (Å²) in [5.74, 6) is 4.27. The molecule has 0 amide bonds. The number of benzene rings is 1. The summed E-state index contributed by atoms with van der Waals surface area (Å²) in [7, 11) is 0. The monoisotopic (exact) mass is 236 g/mol. The largest absolute Gasteiger partial charge is 0.405 e. The first-order valence-corrected chi connectivity index (χ1v) is 4.62. The molecule has 0 aliphatic carbocycles. The lowest BCUT2D eigenvalue weighted by atomic mass is 10.0. The molecule has 0 saturated heterocycles.